The summed E-state index contributed by atoms with van der Waals surface area (Å²) >= 11 is 0. The van der Waals surface area contributed by atoms with E-state index in [1.54, 1.807) is 7.11 Å². The van der Waals surface area contributed by atoms with Crippen molar-refractivity contribution in [3.05, 3.63) is 17.8 Å². The summed E-state index contributed by atoms with van der Waals surface area (Å²) in [7, 11) is 1.79. The van der Waals surface area contributed by atoms with E-state index in [4.69, 9.17) is 9.15 Å². The lowest BCUT2D eigenvalue weighted by atomic mass is 9.77. The van der Waals surface area contributed by atoms with Crippen LogP contribution < -0.4 is 5.32 Å². The van der Waals surface area contributed by atoms with E-state index in [0.29, 0.717) is 0 Å². The largest absolute Gasteiger partial charge is 0.444 e. The highest BCUT2D eigenvalue weighted by Gasteiger charge is 2.38. The molecule has 1 fully saturated rings. The second-order valence-corrected chi connectivity index (χ2v) is 4.86. The first kappa shape index (κ1) is 12.6. The van der Waals surface area contributed by atoms with Gasteiger partial charge in [-0.3, -0.25) is 0 Å². The lowest BCUT2D eigenvalue weighted by molar-refractivity contribution is -0.0739. The number of nitrogens with zero attached hydrogens (tertiary/aromatic N) is 1. The third kappa shape index (κ3) is 2.69. The topological polar surface area (TPSA) is 47.3 Å². The van der Waals surface area contributed by atoms with Crippen LogP contribution in [0.2, 0.25) is 0 Å². The Hall–Kier alpha value is -0.870. The molecule has 1 saturated carbocycles. The summed E-state index contributed by atoms with van der Waals surface area (Å²) in [6, 6.07) is 0.175. The Labute approximate surface area is 103 Å². The normalized spacial score (nSPS) is 19.9. The zero-order valence-corrected chi connectivity index (χ0v) is 11.0. The molecule has 4 heteroatoms. The average Bonchev–Trinajstić information content (AvgIpc) is 2.72. The maximum Gasteiger partial charge on any atom is 0.211 e. The van der Waals surface area contributed by atoms with Crippen molar-refractivity contribution >= 4 is 0 Å². The van der Waals surface area contributed by atoms with Crippen LogP contribution in [-0.4, -0.2) is 24.2 Å². The number of ether oxygens (including phenoxy) is 1. The van der Waals surface area contributed by atoms with Gasteiger partial charge < -0.3 is 14.5 Å². The number of methoxy groups -OCH3 is 1. The molecule has 0 spiro atoms. The zero-order chi connectivity index (χ0) is 12.3. The van der Waals surface area contributed by atoms with E-state index in [0.717, 1.165) is 37.5 Å². The predicted molar refractivity (Wildman–Crippen MR) is 65.9 cm³/mol. The van der Waals surface area contributed by atoms with Crippen LogP contribution in [0.3, 0.4) is 0 Å². The Morgan fingerprint density at radius 3 is 2.88 bits per heavy atom. The highest BCUT2D eigenvalue weighted by Crippen LogP contribution is 2.38. The summed E-state index contributed by atoms with van der Waals surface area (Å²) in [5.41, 5.74) is 0.0121. The maximum atomic E-state index is 5.78. The standard InChI is InChI=1S/C13H22N2O2/c1-4-14-10(2)12-15-9-11(17-12)8-13(16-3)6-5-7-13/h9-10,14H,4-8H2,1-3H3. The van der Waals surface area contributed by atoms with Crippen LogP contribution in [0.15, 0.2) is 10.6 Å². The van der Waals surface area contributed by atoms with E-state index in [2.05, 4.69) is 24.1 Å². The van der Waals surface area contributed by atoms with Gasteiger partial charge in [0, 0.05) is 13.5 Å². The molecular weight excluding hydrogens is 216 g/mol. The second kappa shape index (κ2) is 5.19. The monoisotopic (exact) mass is 238 g/mol. The van der Waals surface area contributed by atoms with Crippen molar-refractivity contribution in [3.8, 4) is 0 Å². The average molecular weight is 238 g/mol. The zero-order valence-electron chi connectivity index (χ0n) is 11.0. The van der Waals surface area contributed by atoms with Gasteiger partial charge in [0.25, 0.3) is 0 Å². The molecular formula is C13H22N2O2. The van der Waals surface area contributed by atoms with Crippen molar-refractivity contribution in [2.24, 2.45) is 0 Å². The molecule has 4 nitrogen and oxygen atoms in total. The van der Waals surface area contributed by atoms with Gasteiger partial charge in [0.1, 0.15) is 5.76 Å². The molecule has 96 valence electrons. The van der Waals surface area contributed by atoms with Crippen molar-refractivity contribution in [2.75, 3.05) is 13.7 Å². The predicted octanol–water partition coefficient (Wildman–Crippen LogP) is 2.46. The molecule has 1 aromatic heterocycles. The fraction of sp³-hybridized carbons (Fsp3) is 0.769. The van der Waals surface area contributed by atoms with Gasteiger partial charge in [-0.2, -0.15) is 0 Å². The number of rotatable bonds is 6. The Morgan fingerprint density at radius 2 is 2.35 bits per heavy atom. The first-order valence-electron chi connectivity index (χ1n) is 6.42. The molecule has 0 saturated heterocycles. The van der Waals surface area contributed by atoms with Gasteiger partial charge in [0.15, 0.2) is 0 Å². The minimum Gasteiger partial charge on any atom is -0.444 e. The molecule has 0 radical (unpaired) electrons. The highest BCUT2D eigenvalue weighted by molar-refractivity contribution is 5.05. The fourth-order valence-electron chi connectivity index (χ4n) is 2.34. The van der Waals surface area contributed by atoms with E-state index < -0.39 is 0 Å². The quantitative estimate of drug-likeness (QED) is 0.827. The second-order valence-electron chi connectivity index (χ2n) is 4.86. The van der Waals surface area contributed by atoms with Crippen molar-refractivity contribution in [3.63, 3.8) is 0 Å². The van der Waals surface area contributed by atoms with Gasteiger partial charge in [0.05, 0.1) is 17.8 Å². The summed E-state index contributed by atoms with van der Waals surface area (Å²) in [4.78, 5) is 4.33. The third-order valence-corrected chi connectivity index (χ3v) is 3.65. The molecule has 1 aliphatic rings. The van der Waals surface area contributed by atoms with Crippen LogP contribution in [0.25, 0.3) is 0 Å². The van der Waals surface area contributed by atoms with Gasteiger partial charge in [0.2, 0.25) is 5.89 Å². The van der Waals surface area contributed by atoms with Crippen LogP contribution in [0.4, 0.5) is 0 Å². The van der Waals surface area contributed by atoms with Crippen LogP contribution in [0.1, 0.15) is 50.8 Å². The number of aromatic nitrogens is 1. The molecule has 0 amide bonds. The van der Waals surface area contributed by atoms with E-state index in [1.165, 1.54) is 6.42 Å². The lowest BCUT2D eigenvalue weighted by Gasteiger charge is -2.39. The Morgan fingerprint density at radius 1 is 1.59 bits per heavy atom. The Kier molecular flexibility index (Phi) is 3.84. The van der Waals surface area contributed by atoms with Crippen LogP contribution in [0, 0.1) is 0 Å². The number of nitrogens with one attached hydrogen (secondary N) is 1. The molecule has 1 atom stereocenters. The SMILES string of the molecule is CCNC(C)c1ncc(CC2(OC)CCC2)o1. The first-order valence-corrected chi connectivity index (χ1v) is 6.42. The molecule has 0 aliphatic heterocycles. The van der Waals surface area contributed by atoms with Crippen molar-refractivity contribution in [1.82, 2.24) is 10.3 Å². The molecule has 1 unspecified atom stereocenters. The van der Waals surface area contributed by atoms with Gasteiger partial charge in [-0.05, 0) is 32.7 Å². The minimum atomic E-state index is 0.0121. The molecule has 1 aromatic rings. The summed E-state index contributed by atoms with van der Waals surface area (Å²) in [5.74, 6) is 1.71. The van der Waals surface area contributed by atoms with Gasteiger partial charge >= 0.3 is 0 Å². The van der Waals surface area contributed by atoms with Gasteiger partial charge in [-0.15, -0.1) is 0 Å². The fourth-order valence-corrected chi connectivity index (χ4v) is 2.34. The van der Waals surface area contributed by atoms with Crippen molar-refractivity contribution in [1.29, 1.82) is 0 Å². The number of hydrogen-bond donors (Lipinski definition) is 1. The highest BCUT2D eigenvalue weighted by atomic mass is 16.5. The maximum absolute atomic E-state index is 5.78. The van der Waals surface area contributed by atoms with Crippen molar-refractivity contribution < 1.29 is 9.15 Å². The Bertz CT molecular complexity index is 353. The smallest absolute Gasteiger partial charge is 0.211 e. The van der Waals surface area contributed by atoms with E-state index >= 15 is 0 Å². The van der Waals surface area contributed by atoms with Crippen LogP contribution in [0.5, 0.6) is 0 Å². The van der Waals surface area contributed by atoms with Crippen LogP contribution in [-0.2, 0) is 11.2 Å². The summed E-state index contributed by atoms with van der Waals surface area (Å²) in [6.45, 7) is 5.06. The Balaban J connectivity index is 1.98. The van der Waals surface area contributed by atoms with E-state index in [9.17, 15) is 0 Å². The molecule has 17 heavy (non-hydrogen) atoms. The van der Waals surface area contributed by atoms with Gasteiger partial charge in [-0.25, -0.2) is 4.98 Å². The summed E-state index contributed by atoms with van der Waals surface area (Å²) in [5, 5.41) is 3.29. The first-order chi connectivity index (χ1) is 8.19. The molecule has 1 heterocycles. The molecule has 1 N–H and O–H groups in total. The third-order valence-electron chi connectivity index (χ3n) is 3.65. The number of oxazole rings is 1. The molecule has 1 aliphatic carbocycles. The molecule has 0 aromatic carbocycles. The lowest BCUT2D eigenvalue weighted by Crippen LogP contribution is -2.41. The molecule has 2 rings (SSSR count). The van der Waals surface area contributed by atoms with Crippen molar-refractivity contribution in [2.45, 2.75) is 51.2 Å². The number of hydrogen-bond acceptors (Lipinski definition) is 4. The van der Waals surface area contributed by atoms with E-state index in [-0.39, 0.29) is 11.6 Å². The summed E-state index contributed by atoms with van der Waals surface area (Å²) < 4.78 is 11.4. The minimum absolute atomic E-state index is 0.0121. The van der Waals surface area contributed by atoms with Crippen LogP contribution >= 0.6 is 0 Å². The molecule has 0 bridgehead atoms. The van der Waals surface area contributed by atoms with E-state index in [1.807, 2.05) is 6.20 Å². The van der Waals surface area contributed by atoms with Gasteiger partial charge in [-0.1, -0.05) is 6.92 Å². The summed E-state index contributed by atoms with van der Waals surface area (Å²) in [6.07, 6.45) is 6.19.